The molecule has 0 atom stereocenters. The maximum absolute atomic E-state index is 12.8. The molecule has 0 spiro atoms. The molecule has 0 radical (unpaired) electrons. The van der Waals surface area contributed by atoms with Crippen molar-refractivity contribution in [3.05, 3.63) is 63.2 Å². The topological polar surface area (TPSA) is 75.3 Å². The number of carbonyl (C=O) groups is 1. The first kappa shape index (κ1) is 19.1. The van der Waals surface area contributed by atoms with Gasteiger partial charge in [0.25, 0.3) is 15.9 Å². The molecule has 0 bridgehead atoms. The van der Waals surface area contributed by atoms with E-state index in [1.807, 2.05) is 27.7 Å². The summed E-state index contributed by atoms with van der Waals surface area (Å²) in [6.07, 6.45) is 0. The highest BCUT2D eigenvalue weighted by Crippen LogP contribution is 2.29. The van der Waals surface area contributed by atoms with Crippen LogP contribution in [0.15, 0.2) is 29.2 Å². The Hall–Kier alpha value is -2.18. The van der Waals surface area contributed by atoms with Gasteiger partial charge in [0.2, 0.25) is 0 Å². The maximum atomic E-state index is 12.8. The molecule has 0 aliphatic carbocycles. The molecule has 0 saturated heterocycles. The van der Waals surface area contributed by atoms with E-state index >= 15 is 0 Å². The third-order valence-corrected chi connectivity index (χ3v) is 6.33. The second-order valence-corrected chi connectivity index (χ2v) is 8.00. The minimum absolute atomic E-state index is 0.220. The smallest absolute Gasteiger partial charge is 0.266 e. The molecule has 2 rings (SSSR count). The molecule has 0 heterocycles. The molecule has 1 amide bonds. The number of aryl methyl sites for hydroxylation is 1. The summed E-state index contributed by atoms with van der Waals surface area (Å²) in [6, 6.07) is 6.89. The summed E-state index contributed by atoms with van der Waals surface area (Å²) in [5, 5.41) is 0. The van der Waals surface area contributed by atoms with Gasteiger partial charge in [-0.1, -0.05) is 17.7 Å². The quantitative estimate of drug-likeness (QED) is 0.823. The van der Waals surface area contributed by atoms with E-state index in [-0.39, 0.29) is 4.90 Å². The number of sulfonamides is 1. The summed E-state index contributed by atoms with van der Waals surface area (Å²) in [6.45, 7) is 11.3. The minimum atomic E-state index is -3.88. The van der Waals surface area contributed by atoms with Crippen molar-refractivity contribution in [3.63, 3.8) is 0 Å². The third-order valence-electron chi connectivity index (χ3n) is 4.81. The van der Waals surface area contributed by atoms with Crippen LogP contribution in [-0.4, -0.2) is 14.3 Å². The van der Waals surface area contributed by atoms with Crippen molar-refractivity contribution in [2.75, 3.05) is 0 Å². The molecule has 2 N–H and O–H groups in total. The number of hydrogen-bond donors (Lipinski definition) is 2. The largest absolute Gasteiger partial charge is 0.273 e. The Morgan fingerprint density at radius 1 is 0.760 bits per heavy atom. The molecule has 6 heteroatoms. The van der Waals surface area contributed by atoms with Crippen LogP contribution >= 0.6 is 0 Å². The first-order chi connectivity index (χ1) is 11.6. The van der Waals surface area contributed by atoms with E-state index in [2.05, 4.69) is 10.3 Å². The molecule has 0 aliphatic heterocycles. The monoisotopic (exact) mass is 360 g/mol. The summed E-state index contributed by atoms with van der Waals surface area (Å²) in [5.41, 5.74) is 8.04. The lowest BCUT2D eigenvalue weighted by Gasteiger charge is -2.19. The van der Waals surface area contributed by atoms with E-state index in [9.17, 15) is 13.2 Å². The predicted molar refractivity (Wildman–Crippen MR) is 99.1 cm³/mol. The lowest BCUT2D eigenvalue weighted by Crippen LogP contribution is -2.42. The predicted octanol–water partition coefficient (Wildman–Crippen LogP) is 3.16. The standard InChI is InChI=1S/C19H24N2O3S/c1-11-7-9-17(10-8-11)19(22)20-21-25(23,24)18-15(5)13(3)12(2)14(4)16(18)6/h7-10,21H,1-6H3,(H,20,22). The van der Waals surface area contributed by atoms with Gasteiger partial charge in [-0.05, 0) is 81.5 Å². The fourth-order valence-electron chi connectivity index (χ4n) is 2.81. The molecule has 134 valence electrons. The molecule has 0 unspecified atom stereocenters. The molecule has 0 saturated carbocycles. The van der Waals surface area contributed by atoms with E-state index in [4.69, 9.17) is 0 Å². The van der Waals surface area contributed by atoms with E-state index in [0.29, 0.717) is 16.7 Å². The summed E-state index contributed by atoms with van der Waals surface area (Å²) < 4.78 is 25.5. The number of rotatable bonds is 4. The Morgan fingerprint density at radius 2 is 1.20 bits per heavy atom. The lowest BCUT2D eigenvalue weighted by molar-refractivity contribution is 0.0945. The van der Waals surface area contributed by atoms with Gasteiger partial charge < -0.3 is 0 Å². The van der Waals surface area contributed by atoms with Crippen molar-refractivity contribution in [1.29, 1.82) is 0 Å². The SMILES string of the molecule is Cc1ccc(C(=O)NNS(=O)(=O)c2c(C)c(C)c(C)c(C)c2C)cc1. The number of benzene rings is 2. The second kappa shape index (κ2) is 6.98. The van der Waals surface area contributed by atoms with Crippen molar-refractivity contribution in [2.45, 2.75) is 46.4 Å². The maximum Gasteiger partial charge on any atom is 0.266 e. The molecule has 2 aromatic rings. The first-order valence-corrected chi connectivity index (χ1v) is 9.50. The van der Waals surface area contributed by atoms with E-state index < -0.39 is 15.9 Å². The van der Waals surface area contributed by atoms with Crippen LogP contribution in [0.4, 0.5) is 0 Å². The summed E-state index contributed by atoms with van der Waals surface area (Å²) in [4.78, 5) is 14.6. The van der Waals surface area contributed by atoms with Gasteiger partial charge in [-0.15, -0.1) is 4.83 Å². The molecule has 2 aromatic carbocycles. The van der Waals surface area contributed by atoms with Gasteiger partial charge in [0.15, 0.2) is 0 Å². The van der Waals surface area contributed by atoms with Crippen LogP contribution in [0.3, 0.4) is 0 Å². The number of hydrazine groups is 1. The number of amides is 1. The first-order valence-electron chi connectivity index (χ1n) is 8.02. The van der Waals surface area contributed by atoms with Gasteiger partial charge >= 0.3 is 0 Å². The zero-order valence-corrected chi connectivity index (χ0v) is 16.3. The van der Waals surface area contributed by atoms with Gasteiger partial charge in [-0.25, -0.2) is 8.42 Å². The molecular weight excluding hydrogens is 336 g/mol. The van der Waals surface area contributed by atoms with Crippen LogP contribution in [0.5, 0.6) is 0 Å². The van der Waals surface area contributed by atoms with E-state index in [1.165, 1.54) is 0 Å². The zero-order chi connectivity index (χ0) is 18.9. The Balaban J connectivity index is 2.31. The normalized spacial score (nSPS) is 11.4. The Labute approximate surface area is 149 Å². The average Bonchev–Trinajstić information content (AvgIpc) is 2.57. The van der Waals surface area contributed by atoms with Gasteiger partial charge in [0, 0.05) is 5.56 Å². The molecular formula is C19H24N2O3S. The highest BCUT2D eigenvalue weighted by Gasteiger charge is 2.24. The number of hydrogen-bond acceptors (Lipinski definition) is 3. The lowest BCUT2D eigenvalue weighted by atomic mass is 9.95. The third kappa shape index (κ3) is 3.75. The molecule has 0 fully saturated rings. The Morgan fingerprint density at radius 3 is 1.68 bits per heavy atom. The Bertz CT molecular complexity index is 901. The van der Waals surface area contributed by atoms with Crippen LogP contribution in [0, 0.1) is 41.5 Å². The molecule has 5 nitrogen and oxygen atoms in total. The molecule has 25 heavy (non-hydrogen) atoms. The van der Waals surface area contributed by atoms with Crippen molar-refractivity contribution in [3.8, 4) is 0 Å². The summed E-state index contributed by atoms with van der Waals surface area (Å²) in [5.74, 6) is -0.501. The van der Waals surface area contributed by atoms with Gasteiger partial charge in [0.05, 0.1) is 4.90 Å². The van der Waals surface area contributed by atoms with E-state index in [1.54, 1.807) is 38.1 Å². The molecule has 0 aromatic heterocycles. The minimum Gasteiger partial charge on any atom is -0.273 e. The van der Waals surface area contributed by atoms with Gasteiger partial charge in [0.1, 0.15) is 0 Å². The zero-order valence-electron chi connectivity index (χ0n) is 15.4. The number of carbonyl (C=O) groups excluding carboxylic acids is 1. The van der Waals surface area contributed by atoms with Crippen LogP contribution in [0.2, 0.25) is 0 Å². The van der Waals surface area contributed by atoms with E-state index in [0.717, 1.165) is 22.3 Å². The fraction of sp³-hybridized carbons (Fsp3) is 0.316. The summed E-state index contributed by atoms with van der Waals surface area (Å²) >= 11 is 0. The van der Waals surface area contributed by atoms with Gasteiger partial charge in [-0.3, -0.25) is 10.2 Å². The van der Waals surface area contributed by atoms with Crippen LogP contribution in [0.25, 0.3) is 0 Å². The average molecular weight is 360 g/mol. The number of nitrogens with one attached hydrogen (secondary N) is 2. The second-order valence-electron chi connectivity index (χ2n) is 6.38. The summed E-state index contributed by atoms with van der Waals surface area (Å²) in [7, 11) is -3.88. The Kier molecular flexibility index (Phi) is 5.34. The van der Waals surface area contributed by atoms with Crippen molar-refractivity contribution in [2.24, 2.45) is 0 Å². The highest BCUT2D eigenvalue weighted by molar-refractivity contribution is 7.89. The van der Waals surface area contributed by atoms with Crippen LogP contribution in [-0.2, 0) is 10.0 Å². The highest BCUT2D eigenvalue weighted by atomic mass is 32.2. The van der Waals surface area contributed by atoms with Crippen LogP contribution < -0.4 is 10.3 Å². The van der Waals surface area contributed by atoms with Crippen molar-refractivity contribution in [1.82, 2.24) is 10.3 Å². The van der Waals surface area contributed by atoms with Crippen molar-refractivity contribution >= 4 is 15.9 Å². The fourth-order valence-corrected chi connectivity index (χ4v) is 4.25. The molecule has 0 aliphatic rings. The van der Waals surface area contributed by atoms with Gasteiger partial charge in [-0.2, -0.15) is 0 Å². The van der Waals surface area contributed by atoms with Crippen molar-refractivity contribution < 1.29 is 13.2 Å². The van der Waals surface area contributed by atoms with Crippen LogP contribution in [0.1, 0.15) is 43.7 Å².